The van der Waals surface area contributed by atoms with Crippen molar-refractivity contribution in [3.05, 3.63) is 84.1 Å². The predicted molar refractivity (Wildman–Crippen MR) is 122 cm³/mol. The van der Waals surface area contributed by atoms with E-state index < -0.39 is 5.91 Å². The highest BCUT2D eigenvalue weighted by atomic mass is 16.5. The molecule has 0 saturated carbocycles. The van der Waals surface area contributed by atoms with Crippen LogP contribution in [0.4, 0.5) is 0 Å². The van der Waals surface area contributed by atoms with Crippen LogP contribution in [0.25, 0.3) is 23.0 Å². The van der Waals surface area contributed by atoms with Crippen LogP contribution in [0.3, 0.4) is 0 Å². The molecule has 1 aromatic heterocycles. The first-order valence-electron chi connectivity index (χ1n) is 9.97. The number of para-hydroxylation sites is 1. The number of hydrogen-bond acceptors (Lipinski definition) is 4. The fourth-order valence-corrected chi connectivity index (χ4v) is 3.11. The van der Waals surface area contributed by atoms with Crippen molar-refractivity contribution >= 4 is 12.0 Å². The molecule has 31 heavy (non-hydrogen) atoms. The zero-order valence-electron chi connectivity index (χ0n) is 17.6. The molecule has 1 heterocycles. The third-order valence-corrected chi connectivity index (χ3v) is 4.58. The van der Waals surface area contributed by atoms with Gasteiger partial charge in [-0.1, -0.05) is 24.3 Å². The summed E-state index contributed by atoms with van der Waals surface area (Å²) >= 11 is 0. The molecule has 1 N–H and O–H groups in total. The van der Waals surface area contributed by atoms with Crippen LogP contribution < -0.4 is 10.1 Å². The van der Waals surface area contributed by atoms with Gasteiger partial charge in [0.1, 0.15) is 23.1 Å². The van der Waals surface area contributed by atoms with Gasteiger partial charge in [-0.3, -0.25) is 4.79 Å². The molecule has 0 atom stereocenters. The lowest BCUT2D eigenvalue weighted by Crippen LogP contribution is -2.24. The van der Waals surface area contributed by atoms with Crippen molar-refractivity contribution in [2.75, 3.05) is 13.2 Å². The van der Waals surface area contributed by atoms with Crippen LogP contribution in [-0.2, 0) is 4.79 Å². The zero-order chi connectivity index (χ0) is 22.2. The maximum absolute atomic E-state index is 12.3. The first-order chi connectivity index (χ1) is 15.1. The van der Waals surface area contributed by atoms with Crippen molar-refractivity contribution in [1.82, 2.24) is 15.1 Å². The SMILES string of the molecule is C=CCNC(=O)C(C#N)=Cc1cn(-c2ccccc2)nc1-c1ccc(OCC)c(C)c1. The van der Waals surface area contributed by atoms with E-state index in [0.717, 1.165) is 22.6 Å². The molecule has 6 heteroatoms. The van der Waals surface area contributed by atoms with Gasteiger partial charge >= 0.3 is 0 Å². The van der Waals surface area contributed by atoms with Gasteiger partial charge in [0, 0.05) is 23.9 Å². The highest BCUT2D eigenvalue weighted by molar-refractivity contribution is 6.02. The summed E-state index contributed by atoms with van der Waals surface area (Å²) in [6.45, 7) is 8.37. The van der Waals surface area contributed by atoms with Gasteiger partial charge in [-0.25, -0.2) is 4.68 Å². The molecule has 0 fully saturated rings. The van der Waals surface area contributed by atoms with Crippen LogP contribution in [-0.4, -0.2) is 28.8 Å². The molecule has 1 amide bonds. The molecule has 2 aromatic carbocycles. The van der Waals surface area contributed by atoms with Gasteiger partial charge in [0.15, 0.2) is 0 Å². The van der Waals surface area contributed by atoms with Crippen LogP contribution >= 0.6 is 0 Å². The van der Waals surface area contributed by atoms with E-state index >= 15 is 0 Å². The Hall–Kier alpha value is -4.11. The number of ether oxygens (including phenoxy) is 1. The highest BCUT2D eigenvalue weighted by Crippen LogP contribution is 2.29. The minimum atomic E-state index is -0.455. The summed E-state index contributed by atoms with van der Waals surface area (Å²) in [5.74, 6) is 0.357. The number of carbonyl (C=O) groups is 1. The smallest absolute Gasteiger partial charge is 0.262 e. The first kappa shape index (κ1) is 21.6. The Bertz CT molecular complexity index is 1150. The summed E-state index contributed by atoms with van der Waals surface area (Å²) in [7, 11) is 0. The summed E-state index contributed by atoms with van der Waals surface area (Å²) < 4.78 is 7.38. The Morgan fingerprint density at radius 1 is 1.29 bits per heavy atom. The number of carbonyl (C=O) groups excluding carboxylic acids is 1. The second-order valence-electron chi connectivity index (χ2n) is 6.79. The molecular formula is C25H24N4O2. The Kier molecular flexibility index (Phi) is 7.02. The van der Waals surface area contributed by atoms with E-state index in [2.05, 4.69) is 11.9 Å². The lowest BCUT2D eigenvalue weighted by atomic mass is 10.0. The Morgan fingerprint density at radius 3 is 2.71 bits per heavy atom. The Balaban J connectivity index is 2.11. The average Bonchev–Trinajstić information content (AvgIpc) is 3.21. The summed E-state index contributed by atoms with van der Waals surface area (Å²) in [6.07, 6.45) is 4.94. The Morgan fingerprint density at radius 2 is 2.06 bits per heavy atom. The zero-order valence-corrected chi connectivity index (χ0v) is 17.6. The molecule has 156 valence electrons. The molecule has 0 aliphatic heterocycles. The van der Waals surface area contributed by atoms with Gasteiger partial charge in [0.05, 0.1) is 12.3 Å². The van der Waals surface area contributed by atoms with Gasteiger partial charge in [0.25, 0.3) is 5.91 Å². The van der Waals surface area contributed by atoms with Crippen LogP contribution in [0.5, 0.6) is 5.75 Å². The molecule has 0 saturated heterocycles. The second kappa shape index (κ2) is 10.1. The standard InChI is InChI=1S/C25H24N4O2/c1-4-13-27-25(30)20(16-26)15-21-17-29(22-9-7-6-8-10-22)28-24(21)19-11-12-23(31-5-2)18(3)14-19/h4,6-12,14-15,17H,1,5,13H2,2-3H3,(H,27,30). The van der Waals surface area contributed by atoms with Crippen molar-refractivity contribution in [2.45, 2.75) is 13.8 Å². The number of nitriles is 1. The third-order valence-electron chi connectivity index (χ3n) is 4.58. The van der Waals surface area contributed by atoms with Crippen LogP contribution in [0.1, 0.15) is 18.1 Å². The fourth-order valence-electron chi connectivity index (χ4n) is 3.11. The molecule has 0 radical (unpaired) electrons. The average molecular weight is 412 g/mol. The van der Waals surface area contributed by atoms with Crippen molar-refractivity contribution in [2.24, 2.45) is 0 Å². The lowest BCUT2D eigenvalue weighted by molar-refractivity contribution is -0.116. The maximum Gasteiger partial charge on any atom is 0.262 e. The van der Waals surface area contributed by atoms with Crippen molar-refractivity contribution in [3.8, 4) is 28.8 Å². The van der Waals surface area contributed by atoms with Crippen molar-refractivity contribution in [3.63, 3.8) is 0 Å². The topological polar surface area (TPSA) is 79.9 Å². The lowest BCUT2D eigenvalue weighted by Gasteiger charge is -2.08. The molecule has 0 bridgehead atoms. The van der Waals surface area contributed by atoms with Crippen LogP contribution in [0.2, 0.25) is 0 Å². The van der Waals surface area contributed by atoms with Gasteiger partial charge < -0.3 is 10.1 Å². The van der Waals surface area contributed by atoms with Crippen molar-refractivity contribution in [1.29, 1.82) is 5.26 Å². The molecule has 0 spiro atoms. The third kappa shape index (κ3) is 5.09. The van der Waals surface area contributed by atoms with E-state index in [-0.39, 0.29) is 12.1 Å². The number of aryl methyl sites for hydroxylation is 1. The summed E-state index contributed by atoms with van der Waals surface area (Å²) in [5, 5.41) is 16.9. The Labute approximate surface area is 182 Å². The number of rotatable bonds is 8. The predicted octanol–water partition coefficient (Wildman–Crippen LogP) is 4.46. The van der Waals surface area contributed by atoms with Crippen LogP contribution in [0.15, 0.2) is 73.0 Å². The minimum Gasteiger partial charge on any atom is -0.494 e. The molecular weight excluding hydrogens is 388 g/mol. The first-order valence-corrected chi connectivity index (χ1v) is 9.97. The number of nitrogens with zero attached hydrogens (tertiary/aromatic N) is 3. The number of amides is 1. The van der Waals surface area contributed by atoms with Gasteiger partial charge in [0.2, 0.25) is 0 Å². The van der Waals surface area contributed by atoms with Gasteiger partial charge in [-0.2, -0.15) is 10.4 Å². The van der Waals surface area contributed by atoms with Crippen molar-refractivity contribution < 1.29 is 9.53 Å². The number of nitrogens with one attached hydrogen (secondary N) is 1. The van der Waals surface area contributed by atoms with E-state index in [1.54, 1.807) is 16.8 Å². The molecule has 0 unspecified atom stereocenters. The van der Waals surface area contributed by atoms with E-state index in [9.17, 15) is 10.1 Å². The van der Waals surface area contributed by atoms with E-state index in [1.165, 1.54) is 0 Å². The van der Waals surface area contributed by atoms with Gasteiger partial charge in [-0.15, -0.1) is 6.58 Å². The molecule has 3 rings (SSSR count). The van der Waals surface area contributed by atoms with E-state index in [4.69, 9.17) is 9.84 Å². The summed E-state index contributed by atoms with van der Waals surface area (Å²) in [4.78, 5) is 12.3. The number of benzene rings is 2. The molecule has 0 aliphatic carbocycles. The monoisotopic (exact) mass is 412 g/mol. The number of aromatic nitrogens is 2. The second-order valence-corrected chi connectivity index (χ2v) is 6.79. The summed E-state index contributed by atoms with van der Waals surface area (Å²) in [5.41, 5.74) is 4.05. The van der Waals surface area contributed by atoms with Crippen LogP contribution in [0, 0.1) is 18.3 Å². The highest BCUT2D eigenvalue weighted by Gasteiger charge is 2.15. The van der Waals surface area contributed by atoms with E-state index in [1.807, 2.05) is 74.6 Å². The van der Waals surface area contributed by atoms with E-state index in [0.29, 0.717) is 17.9 Å². The summed E-state index contributed by atoms with van der Waals surface area (Å²) in [6, 6.07) is 17.5. The minimum absolute atomic E-state index is 0.00151. The maximum atomic E-state index is 12.3. The molecule has 6 nitrogen and oxygen atoms in total. The molecule has 0 aliphatic rings. The quantitative estimate of drug-likeness (QED) is 0.337. The fraction of sp³-hybridized carbons (Fsp3) is 0.160. The normalized spacial score (nSPS) is 10.9. The molecule has 3 aromatic rings. The number of hydrogen-bond donors (Lipinski definition) is 1. The largest absolute Gasteiger partial charge is 0.494 e. The van der Waals surface area contributed by atoms with Gasteiger partial charge in [-0.05, 0) is 55.8 Å².